The molecule has 0 radical (unpaired) electrons. The number of para-hydroxylation sites is 1. The minimum Gasteiger partial charge on any atom is -0.506 e. The van der Waals surface area contributed by atoms with Crippen LogP contribution in [0.2, 0.25) is 0 Å². The number of hydrogen-bond acceptors (Lipinski definition) is 3. The molecule has 0 bridgehead atoms. The van der Waals surface area contributed by atoms with Gasteiger partial charge in [-0.2, -0.15) is 0 Å². The monoisotopic (exact) mass is 243 g/mol. The van der Waals surface area contributed by atoms with Gasteiger partial charge in [0, 0.05) is 5.92 Å². The Balaban J connectivity index is 1.99. The van der Waals surface area contributed by atoms with Crippen molar-refractivity contribution in [3.8, 4) is 5.75 Å². The van der Waals surface area contributed by atoms with Crippen LogP contribution in [0.25, 0.3) is 0 Å². The van der Waals surface area contributed by atoms with Gasteiger partial charge in [-0.3, -0.25) is 4.79 Å². The van der Waals surface area contributed by atoms with Crippen LogP contribution in [0.15, 0.2) is 42.0 Å². The molecule has 0 aromatic heterocycles. The second-order valence-electron chi connectivity index (χ2n) is 4.59. The first-order valence-corrected chi connectivity index (χ1v) is 5.84. The number of anilines is 1. The number of phenols is 1. The Morgan fingerprint density at radius 1 is 1.39 bits per heavy atom. The summed E-state index contributed by atoms with van der Waals surface area (Å²) in [5.74, 6) is -0.520. The Kier molecular flexibility index (Phi) is 2.37. The molecule has 4 nitrogen and oxygen atoms in total. The Labute approximate surface area is 104 Å². The summed E-state index contributed by atoms with van der Waals surface area (Å²) in [5, 5.41) is 22.0. The lowest BCUT2D eigenvalue weighted by molar-refractivity contribution is -0.136. The quantitative estimate of drug-likeness (QED) is 0.697. The molecule has 1 aromatic rings. The van der Waals surface area contributed by atoms with Crippen LogP contribution in [0.3, 0.4) is 0 Å². The van der Waals surface area contributed by atoms with Gasteiger partial charge < -0.3 is 15.5 Å². The van der Waals surface area contributed by atoms with E-state index in [1.165, 1.54) is 0 Å². The molecule has 92 valence electrons. The van der Waals surface area contributed by atoms with Gasteiger partial charge in [0.15, 0.2) is 0 Å². The van der Waals surface area contributed by atoms with Gasteiger partial charge in [-0.25, -0.2) is 0 Å². The van der Waals surface area contributed by atoms with Crippen molar-refractivity contribution in [1.82, 2.24) is 0 Å². The Hall–Kier alpha value is -2.23. The predicted octanol–water partition coefficient (Wildman–Crippen LogP) is 2.24. The van der Waals surface area contributed by atoms with Gasteiger partial charge in [-0.1, -0.05) is 30.4 Å². The molecule has 0 fully saturated rings. The number of rotatable bonds is 2. The number of aliphatic carboxylic acids is 1. The van der Waals surface area contributed by atoms with Crippen molar-refractivity contribution < 1.29 is 15.0 Å². The van der Waals surface area contributed by atoms with Crippen LogP contribution in [0.4, 0.5) is 5.69 Å². The normalized spacial score (nSPS) is 23.9. The predicted molar refractivity (Wildman–Crippen MR) is 67.7 cm³/mol. The second-order valence-corrected chi connectivity index (χ2v) is 4.59. The van der Waals surface area contributed by atoms with Gasteiger partial charge in [0.2, 0.25) is 0 Å². The third kappa shape index (κ3) is 1.57. The molecule has 18 heavy (non-hydrogen) atoms. The number of carboxylic acid groups (broad SMARTS) is 1. The van der Waals surface area contributed by atoms with Crippen molar-refractivity contribution in [2.75, 3.05) is 5.32 Å². The smallest absolute Gasteiger partial charge is 0.307 e. The summed E-state index contributed by atoms with van der Waals surface area (Å²) in [6, 6.07) is 5.34. The molecular weight excluding hydrogens is 230 g/mol. The number of fused-ring (bicyclic) bond motifs is 3. The van der Waals surface area contributed by atoms with Crippen LogP contribution in [-0.2, 0) is 4.79 Å². The zero-order valence-electron chi connectivity index (χ0n) is 9.63. The summed E-state index contributed by atoms with van der Waals surface area (Å²) in [6.07, 6.45) is 5.78. The summed E-state index contributed by atoms with van der Waals surface area (Å²) in [7, 11) is 0. The molecule has 1 aromatic carbocycles. The number of carboxylic acids is 1. The average Bonchev–Trinajstić information content (AvgIpc) is 2.70. The highest BCUT2D eigenvalue weighted by atomic mass is 16.4. The van der Waals surface area contributed by atoms with Gasteiger partial charge in [-0.15, -0.1) is 0 Å². The minimum atomic E-state index is -0.836. The number of phenolic OH excluding ortho intramolecular Hbond substituents is 1. The average molecular weight is 243 g/mol. The molecular formula is C14H13NO3. The van der Waals surface area contributed by atoms with E-state index in [1.807, 2.05) is 24.3 Å². The molecule has 1 heterocycles. The molecule has 3 rings (SSSR count). The van der Waals surface area contributed by atoms with E-state index in [-0.39, 0.29) is 24.1 Å². The third-order valence-electron chi connectivity index (χ3n) is 3.48. The fourth-order valence-corrected chi connectivity index (χ4v) is 2.70. The van der Waals surface area contributed by atoms with Crippen LogP contribution < -0.4 is 5.32 Å². The van der Waals surface area contributed by atoms with Crippen LogP contribution in [0.5, 0.6) is 5.75 Å². The molecule has 2 atom stereocenters. The van der Waals surface area contributed by atoms with E-state index in [1.54, 1.807) is 12.1 Å². The zero-order valence-corrected chi connectivity index (χ0v) is 9.63. The van der Waals surface area contributed by atoms with Crippen LogP contribution in [0, 0.1) is 0 Å². The van der Waals surface area contributed by atoms with Crippen LogP contribution in [-0.4, -0.2) is 22.2 Å². The maximum Gasteiger partial charge on any atom is 0.307 e. The topological polar surface area (TPSA) is 69.6 Å². The van der Waals surface area contributed by atoms with E-state index in [2.05, 4.69) is 5.32 Å². The lowest BCUT2D eigenvalue weighted by Gasteiger charge is -2.22. The highest BCUT2D eigenvalue weighted by Gasteiger charge is 2.35. The van der Waals surface area contributed by atoms with Crippen molar-refractivity contribution in [2.24, 2.45) is 0 Å². The Morgan fingerprint density at radius 2 is 2.22 bits per heavy atom. The van der Waals surface area contributed by atoms with Gasteiger partial charge in [0.1, 0.15) is 5.75 Å². The first-order chi connectivity index (χ1) is 8.66. The van der Waals surface area contributed by atoms with E-state index in [4.69, 9.17) is 5.11 Å². The van der Waals surface area contributed by atoms with Gasteiger partial charge in [0.05, 0.1) is 18.2 Å². The zero-order chi connectivity index (χ0) is 12.7. The second kappa shape index (κ2) is 3.91. The van der Waals surface area contributed by atoms with Gasteiger partial charge >= 0.3 is 5.97 Å². The van der Waals surface area contributed by atoms with Crippen molar-refractivity contribution in [2.45, 2.75) is 18.4 Å². The highest BCUT2D eigenvalue weighted by molar-refractivity contribution is 5.75. The molecule has 0 saturated carbocycles. The summed E-state index contributed by atoms with van der Waals surface area (Å²) in [5.41, 5.74) is 2.58. The number of aromatic hydroxyl groups is 1. The molecule has 4 heteroatoms. The van der Waals surface area contributed by atoms with E-state index >= 15 is 0 Å². The number of nitrogens with one attached hydrogen (secondary N) is 1. The first-order valence-electron chi connectivity index (χ1n) is 5.84. The lowest BCUT2D eigenvalue weighted by Crippen LogP contribution is -2.25. The van der Waals surface area contributed by atoms with Crippen molar-refractivity contribution in [3.63, 3.8) is 0 Å². The minimum absolute atomic E-state index is 0.0211. The van der Waals surface area contributed by atoms with Crippen molar-refractivity contribution in [3.05, 3.63) is 47.6 Å². The highest BCUT2D eigenvalue weighted by Crippen LogP contribution is 2.45. The number of benzene rings is 1. The SMILES string of the molecule is O=C(O)CC1=CC=CC2c3cccc(O)c3NC12. The van der Waals surface area contributed by atoms with Gasteiger partial charge in [0.25, 0.3) is 0 Å². The summed E-state index contributed by atoms with van der Waals surface area (Å²) < 4.78 is 0. The summed E-state index contributed by atoms with van der Waals surface area (Å²) in [6.45, 7) is 0. The molecule has 0 amide bonds. The van der Waals surface area contributed by atoms with E-state index in [0.29, 0.717) is 0 Å². The molecule has 3 N–H and O–H groups in total. The molecule has 0 spiro atoms. The fraction of sp³-hybridized carbons (Fsp3) is 0.214. The molecule has 0 saturated heterocycles. The van der Waals surface area contributed by atoms with Crippen molar-refractivity contribution in [1.29, 1.82) is 0 Å². The van der Waals surface area contributed by atoms with E-state index in [9.17, 15) is 9.90 Å². The first kappa shape index (κ1) is 10.9. The van der Waals surface area contributed by atoms with Crippen molar-refractivity contribution >= 4 is 11.7 Å². The fourth-order valence-electron chi connectivity index (χ4n) is 2.70. The van der Waals surface area contributed by atoms with E-state index < -0.39 is 5.97 Å². The maximum atomic E-state index is 10.9. The number of allylic oxidation sites excluding steroid dienone is 2. The lowest BCUT2D eigenvalue weighted by atomic mass is 9.85. The standard InChI is InChI=1S/C14H13NO3/c16-11-6-2-5-10-9-4-1-3-8(7-12(17)18)13(9)15-14(10)11/h1-6,9,13,15-16H,7H2,(H,17,18). The largest absolute Gasteiger partial charge is 0.506 e. The van der Waals surface area contributed by atoms with Crippen LogP contribution in [0.1, 0.15) is 17.9 Å². The number of hydrogen-bond donors (Lipinski definition) is 3. The maximum absolute atomic E-state index is 10.9. The third-order valence-corrected chi connectivity index (χ3v) is 3.48. The van der Waals surface area contributed by atoms with Crippen LogP contribution >= 0.6 is 0 Å². The Morgan fingerprint density at radius 3 is 3.00 bits per heavy atom. The molecule has 2 aliphatic rings. The number of carbonyl (C=O) groups is 1. The molecule has 1 aliphatic heterocycles. The summed E-state index contributed by atoms with van der Waals surface area (Å²) in [4.78, 5) is 10.9. The Bertz CT molecular complexity index is 574. The van der Waals surface area contributed by atoms with E-state index in [0.717, 1.165) is 16.8 Å². The summed E-state index contributed by atoms with van der Waals surface area (Å²) >= 11 is 0. The molecule has 1 aliphatic carbocycles. The molecule has 2 unspecified atom stereocenters. The van der Waals surface area contributed by atoms with Gasteiger partial charge in [-0.05, 0) is 17.2 Å².